The first kappa shape index (κ1) is 18.6. The molecule has 3 rings (SSSR count). The lowest BCUT2D eigenvalue weighted by Crippen LogP contribution is -2.34. The zero-order valence-electron chi connectivity index (χ0n) is 14.5. The summed E-state index contributed by atoms with van der Waals surface area (Å²) in [6.07, 6.45) is 0. The standard InChI is InChI=1S/C18H18ClN5O3/c1-26-16-7-3-6-14(21-18(25)22-20)13(16)10-27-17-9-15(23-24-17)11-4-2-5-12(19)8-11/h2-9H,10,20H2,1H3,(H,23,24)(H2,21,22,25). The van der Waals surface area contributed by atoms with Gasteiger partial charge in [-0.25, -0.2) is 10.6 Å². The Morgan fingerprint density at radius 1 is 1.26 bits per heavy atom. The molecule has 0 saturated carbocycles. The largest absolute Gasteiger partial charge is 0.496 e. The molecular formula is C18H18ClN5O3. The number of ether oxygens (including phenoxy) is 2. The number of nitrogens with zero attached hydrogens (tertiary/aromatic N) is 1. The van der Waals surface area contributed by atoms with E-state index in [1.54, 1.807) is 30.3 Å². The van der Waals surface area contributed by atoms with E-state index in [9.17, 15) is 4.79 Å². The van der Waals surface area contributed by atoms with E-state index >= 15 is 0 Å². The van der Waals surface area contributed by atoms with Crippen LogP contribution in [-0.4, -0.2) is 23.3 Å². The number of carbonyl (C=O) groups is 1. The van der Waals surface area contributed by atoms with Gasteiger partial charge in [-0.05, 0) is 24.3 Å². The van der Waals surface area contributed by atoms with Crippen LogP contribution in [0.3, 0.4) is 0 Å². The minimum absolute atomic E-state index is 0.129. The number of nitrogens with two attached hydrogens (primary N) is 1. The zero-order valence-corrected chi connectivity index (χ0v) is 15.2. The van der Waals surface area contributed by atoms with Crippen LogP contribution in [0, 0.1) is 0 Å². The van der Waals surface area contributed by atoms with Crippen molar-refractivity contribution in [3.8, 4) is 22.9 Å². The maximum atomic E-state index is 11.5. The van der Waals surface area contributed by atoms with Gasteiger partial charge in [0.25, 0.3) is 0 Å². The number of aromatic nitrogens is 2. The second-order valence-corrected chi connectivity index (χ2v) is 5.94. The molecule has 5 N–H and O–H groups in total. The highest BCUT2D eigenvalue weighted by molar-refractivity contribution is 6.30. The number of rotatable bonds is 6. The number of anilines is 1. The molecule has 2 amide bonds. The molecule has 0 radical (unpaired) electrons. The fourth-order valence-corrected chi connectivity index (χ4v) is 2.70. The van der Waals surface area contributed by atoms with Crippen LogP contribution in [0.4, 0.5) is 10.5 Å². The van der Waals surface area contributed by atoms with Crippen LogP contribution in [-0.2, 0) is 6.61 Å². The van der Waals surface area contributed by atoms with Crippen molar-refractivity contribution in [1.82, 2.24) is 15.6 Å². The number of benzene rings is 2. The number of aromatic amines is 1. The first-order valence-electron chi connectivity index (χ1n) is 7.98. The Kier molecular flexibility index (Phi) is 5.80. The number of halogens is 1. The van der Waals surface area contributed by atoms with Gasteiger partial charge in [0.1, 0.15) is 12.4 Å². The first-order chi connectivity index (χ1) is 13.1. The average molecular weight is 388 g/mol. The maximum Gasteiger partial charge on any atom is 0.333 e. The maximum absolute atomic E-state index is 11.5. The molecule has 140 valence electrons. The number of amides is 2. The summed E-state index contributed by atoms with van der Waals surface area (Å²) >= 11 is 6.02. The molecule has 2 aromatic carbocycles. The molecule has 1 heterocycles. The van der Waals surface area contributed by atoms with E-state index in [0.29, 0.717) is 27.9 Å². The fraction of sp³-hybridized carbons (Fsp3) is 0.111. The quantitative estimate of drug-likeness (QED) is 0.294. The number of urea groups is 1. The van der Waals surface area contributed by atoms with Crippen LogP contribution in [0.2, 0.25) is 5.02 Å². The monoisotopic (exact) mass is 387 g/mol. The Morgan fingerprint density at radius 3 is 2.81 bits per heavy atom. The molecule has 27 heavy (non-hydrogen) atoms. The Bertz CT molecular complexity index is 944. The molecule has 0 bridgehead atoms. The van der Waals surface area contributed by atoms with Gasteiger partial charge in [0.05, 0.1) is 24.1 Å². The van der Waals surface area contributed by atoms with Crippen LogP contribution >= 0.6 is 11.6 Å². The number of nitrogens with one attached hydrogen (secondary N) is 3. The highest BCUT2D eigenvalue weighted by Gasteiger charge is 2.13. The van der Waals surface area contributed by atoms with E-state index in [0.717, 1.165) is 11.3 Å². The van der Waals surface area contributed by atoms with Gasteiger partial charge in [0.2, 0.25) is 5.88 Å². The minimum Gasteiger partial charge on any atom is -0.496 e. The van der Waals surface area contributed by atoms with E-state index in [1.807, 2.05) is 23.6 Å². The van der Waals surface area contributed by atoms with Crippen LogP contribution in [0.15, 0.2) is 48.5 Å². The molecule has 0 saturated heterocycles. The summed E-state index contributed by atoms with van der Waals surface area (Å²) in [5.41, 5.74) is 4.85. The number of hydrogen-bond donors (Lipinski definition) is 4. The third-order valence-corrected chi connectivity index (χ3v) is 4.02. The first-order valence-corrected chi connectivity index (χ1v) is 8.36. The molecule has 0 spiro atoms. The normalized spacial score (nSPS) is 10.3. The number of methoxy groups -OCH3 is 1. The fourth-order valence-electron chi connectivity index (χ4n) is 2.51. The molecule has 0 aliphatic carbocycles. The molecule has 0 aliphatic rings. The van der Waals surface area contributed by atoms with Gasteiger partial charge in [-0.1, -0.05) is 29.8 Å². The van der Waals surface area contributed by atoms with E-state index in [4.69, 9.17) is 26.9 Å². The molecule has 1 aromatic heterocycles. The SMILES string of the molecule is COc1cccc(NC(=O)NN)c1COc1cc(-c2cccc(Cl)c2)[nH]n1. The smallest absolute Gasteiger partial charge is 0.333 e. The molecule has 0 fully saturated rings. The van der Waals surface area contributed by atoms with Crippen LogP contribution in [0.5, 0.6) is 11.6 Å². The van der Waals surface area contributed by atoms with Crippen molar-refractivity contribution in [2.75, 3.05) is 12.4 Å². The number of carbonyl (C=O) groups excluding carboxylic acids is 1. The lowest BCUT2D eigenvalue weighted by Gasteiger charge is -2.14. The minimum atomic E-state index is -0.549. The lowest BCUT2D eigenvalue weighted by molar-refractivity contribution is 0.252. The van der Waals surface area contributed by atoms with E-state index in [1.165, 1.54) is 7.11 Å². The summed E-state index contributed by atoms with van der Waals surface area (Å²) in [5, 5.41) is 10.3. The van der Waals surface area contributed by atoms with Crippen molar-refractivity contribution < 1.29 is 14.3 Å². The Balaban J connectivity index is 1.78. The summed E-state index contributed by atoms with van der Waals surface area (Å²) in [6, 6.07) is 13.9. The van der Waals surface area contributed by atoms with E-state index < -0.39 is 6.03 Å². The number of hydrazine groups is 1. The lowest BCUT2D eigenvalue weighted by atomic mass is 10.1. The molecule has 8 nitrogen and oxygen atoms in total. The van der Waals surface area contributed by atoms with Crippen molar-refractivity contribution in [3.63, 3.8) is 0 Å². The third kappa shape index (κ3) is 4.49. The summed E-state index contributed by atoms with van der Waals surface area (Å²) in [6.45, 7) is 0.129. The van der Waals surface area contributed by atoms with Gasteiger partial charge >= 0.3 is 6.03 Å². The van der Waals surface area contributed by atoms with Crippen LogP contribution in [0.1, 0.15) is 5.56 Å². The Labute approximate surface area is 160 Å². The molecule has 0 aliphatic heterocycles. The summed E-state index contributed by atoms with van der Waals surface area (Å²) in [7, 11) is 1.54. The molecule has 9 heteroatoms. The second kappa shape index (κ2) is 8.43. The molecule has 0 unspecified atom stereocenters. The molecular weight excluding hydrogens is 370 g/mol. The second-order valence-electron chi connectivity index (χ2n) is 5.50. The van der Waals surface area contributed by atoms with Gasteiger partial charge in [0.15, 0.2) is 0 Å². The van der Waals surface area contributed by atoms with Crippen molar-refractivity contribution in [1.29, 1.82) is 0 Å². The van der Waals surface area contributed by atoms with Crippen LogP contribution < -0.4 is 26.1 Å². The van der Waals surface area contributed by atoms with Gasteiger partial charge in [-0.2, -0.15) is 0 Å². The summed E-state index contributed by atoms with van der Waals surface area (Å²) < 4.78 is 11.1. The molecule has 0 atom stereocenters. The Hall–Kier alpha value is -3.23. The van der Waals surface area contributed by atoms with Gasteiger partial charge < -0.3 is 14.8 Å². The number of H-pyrrole nitrogens is 1. The highest BCUT2D eigenvalue weighted by atomic mass is 35.5. The van der Waals surface area contributed by atoms with Crippen molar-refractivity contribution in [2.45, 2.75) is 6.61 Å². The highest BCUT2D eigenvalue weighted by Crippen LogP contribution is 2.29. The average Bonchev–Trinajstić information content (AvgIpc) is 3.15. The van der Waals surface area contributed by atoms with Crippen molar-refractivity contribution in [2.24, 2.45) is 5.84 Å². The van der Waals surface area contributed by atoms with Gasteiger partial charge in [0, 0.05) is 16.7 Å². The predicted molar refractivity (Wildman–Crippen MR) is 103 cm³/mol. The topological polar surface area (TPSA) is 114 Å². The zero-order chi connectivity index (χ0) is 19.2. The number of hydrogen-bond acceptors (Lipinski definition) is 5. The van der Waals surface area contributed by atoms with Gasteiger partial charge in [-0.15, -0.1) is 5.10 Å². The van der Waals surface area contributed by atoms with Crippen LogP contribution in [0.25, 0.3) is 11.3 Å². The summed E-state index contributed by atoms with van der Waals surface area (Å²) in [5.74, 6) is 6.08. The third-order valence-electron chi connectivity index (χ3n) is 3.79. The predicted octanol–water partition coefficient (Wildman–Crippen LogP) is 3.31. The molecule has 3 aromatic rings. The van der Waals surface area contributed by atoms with E-state index in [2.05, 4.69) is 15.5 Å². The van der Waals surface area contributed by atoms with Gasteiger partial charge in [-0.3, -0.25) is 10.5 Å². The van der Waals surface area contributed by atoms with Crippen molar-refractivity contribution >= 4 is 23.3 Å². The summed E-state index contributed by atoms with van der Waals surface area (Å²) in [4.78, 5) is 11.5. The Morgan fingerprint density at radius 2 is 2.07 bits per heavy atom. The van der Waals surface area contributed by atoms with Crippen molar-refractivity contribution in [3.05, 3.63) is 59.1 Å². The van der Waals surface area contributed by atoms with E-state index in [-0.39, 0.29) is 6.61 Å².